The van der Waals surface area contributed by atoms with Crippen molar-refractivity contribution in [3.05, 3.63) is 54.1 Å². The van der Waals surface area contributed by atoms with E-state index in [1.165, 1.54) is 6.21 Å². The van der Waals surface area contributed by atoms with Crippen LogP contribution in [0.5, 0.6) is 11.5 Å². The lowest BCUT2D eigenvalue weighted by atomic mass is 10.2. The lowest BCUT2D eigenvalue weighted by Gasteiger charge is -2.13. The maximum atomic E-state index is 11.8. The SMILES string of the molecule is COc1cc(C=NNC(=O)CC(=O)Nc2ccccc2)ccc1OC(C)C. The number of benzene rings is 2. The first-order chi connectivity index (χ1) is 13.0. The standard InChI is InChI=1S/C20H23N3O4/c1-14(2)27-17-10-9-15(11-18(17)26-3)13-21-23-20(25)12-19(24)22-16-7-5-4-6-8-16/h4-11,13-14H,12H2,1-3H3,(H,22,24)(H,23,25). The normalized spacial score (nSPS) is 10.7. The summed E-state index contributed by atoms with van der Waals surface area (Å²) in [5.74, 6) is 0.282. The molecule has 2 aromatic carbocycles. The number of carbonyl (C=O) groups excluding carboxylic acids is 2. The van der Waals surface area contributed by atoms with Crippen LogP contribution in [0.25, 0.3) is 0 Å². The number of hydrazone groups is 1. The Morgan fingerprint density at radius 1 is 1.07 bits per heavy atom. The number of amides is 2. The summed E-state index contributed by atoms with van der Waals surface area (Å²) in [6.45, 7) is 3.86. The van der Waals surface area contributed by atoms with E-state index in [4.69, 9.17) is 9.47 Å². The summed E-state index contributed by atoms with van der Waals surface area (Å²) in [5, 5.41) is 6.50. The van der Waals surface area contributed by atoms with E-state index in [1.54, 1.807) is 49.6 Å². The number of hydrogen-bond acceptors (Lipinski definition) is 5. The summed E-state index contributed by atoms with van der Waals surface area (Å²) in [7, 11) is 1.55. The molecule has 27 heavy (non-hydrogen) atoms. The quantitative estimate of drug-likeness (QED) is 0.425. The molecule has 0 aromatic heterocycles. The predicted molar refractivity (Wildman–Crippen MR) is 104 cm³/mol. The topological polar surface area (TPSA) is 89.0 Å². The molecular formula is C20H23N3O4. The number of ether oxygens (including phenoxy) is 2. The van der Waals surface area contributed by atoms with E-state index in [0.29, 0.717) is 17.2 Å². The molecule has 0 saturated carbocycles. The zero-order valence-electron chi connectivity index (χ0n) is 15.6. The Bertz CT molecular complexity index is 804. The van der Waals surface area contributed by atoms with Gasteiger partial charge >= 0.3 is 0 Å². The first-order valence-electron chi connectivity index (χ1n) is 8.49. The lowest BCUT2D eigenvalue weighted by Crippen LogP contribution is -2.24. The van der Waals surface area contributed by atoms with Crippen LogP contribution in [0.4, 0.5) is 5.69 Å². The van der Waals surface area contributed by atoms with Gasteiger partial charge in [0.25, 0.3) is 0 Å². The fourth-order valence-electron chi connectivity index (χ4n) is 2.21. The zero-order chi connectivity index (χ0) is 19.6. The van der Waals surface area contributed by atoms with Crippen LogP contribution < -0.4 is 20.2 Å². The maximum absolute atomic E-state index is 11.8. The molecule has 0 saturated heterocycles. The van der Waals surface area contributed by atoms with Crippen LogP contribution in [-0.4, -0.2) is 31.2 Å². The number of hydrogen-bond donors (Lipinski definition) is 2. The monoisotopic (exact) mass is 369 g/mol. The third kappa shape index (κ3) is 6.81. The first kappa shape index (κ1) is 20.0. The van der Waals surface area contributed by atoms with Crippen LogP contribution in [0.15, 0.2) is 53.6 Å². The summed E-state index contributed by atoms with van der Waals surface area (Å²) in [5.41, 5.74) is 3.68. The smallest absolute Gasteiger partial charge is 0.249 e. The number of methoxy groups -OCH3 is 1. The van der Waals surface area contributed by atoms with Crippen molar-refractivity contribution in [3.8, 4) is 11.5 Å². The molecule has 0 aliphatic carbocycles. The number of nitrogens with one attached hydrogen (secondary N) is 2. The highest BCUT2D eigenvalue weighted by molar-refractivity contribution is 6.03. The minimum Gasteiger partial charge on any atom is -0.493 e. The van der Waals surface area contributed by atoms with Crippen molar-refractivity contribution in [2.75, 3.05) is 12.4 Å². The van der Waals surface area contributed by atoms with Crippen LogP contribution in [0.3, 0.4) is 0 Å². The van der Waals surface area contributed by atoms with Gasteiger partial charge in [-0.1, -0.05) is 18.2 Å². The highest BCUT2D eigenvalue weighted by Gasteiger charge is 2.09. The first-order valence-corrected chi connectivity index (χ1v) is 8.49. The van der Waals surface area contributed by atoms with Gasteiger partial charge < -0.3 is 14.8 Å². The Labute approximate surface area is 158 Å². The van der Waals surface area contributed by atoms with E-state index in [9.17, 15) is 9.59 Å². The number of nitrogens with zero attached hydrogens (tertiary/aromatic N) is 1. The van der Waals surface area contributed by atoms with Gasteiger partial charge in [-0.05, 0) is 49.7 Å². The van der Waals surface area contributed by atoms with Crippen molar-refractivity contribution < 1.29 is 19.1 Å². The van der Waals surface area contributed by atoms with Crippen molar-refractivity contribution in [1.82, 2.24) is 5.43 Å². The highest BCUT2D eigenvalue weighted by Crippen LogP contribution is 2.28. The van der Waals surface area contributed by atoms with Gasteiger partial charge in [-0.25, -0.2) is 5.43 Å². The van der Waals surface area contributed by atoms with E-state index in [0.717, 1.165) is 5.56 Å². The fraction of sp³-hybridized carbons (Fsp3) is 0.250. The van der Waals surface area contributed by atoms with E-state index in [2.05, 4.69) is 15.8 Å². The van der Waals surface area contributed by atoms with Crippen LogP contribution in [-0.2, 0) is 9.59 Å². The predicted octanol–water partition coefficient (Wildman–Crippen LogP) is 2.96. The molecule has 7 nitrogen and oxygen atoms in total. The molecule has 0 aliphatic rings. The van der Waals surface area contributed by atoms with E-state index < -0.39 is 11.8 Å². The number of para-hydroxylation sites is 1. The number of rotatable bonds is 8. The van der Waals surface area contributed by atoms with E-state index in [1.807, 2.05) is 19.9 Å². The molecule has 0 atom stereocenters. The van der Waals surface area contributed by atoms with Gasteiger partial charge in [-0.3, -0.25) is 9.59 Å². The van der Waals surface area contributed by atoms with Crippen LogP contribution in [0.1, 0.15) is 25.8 Å². The summed E-state index contributed by atoms with van der Waals surface area (Å²) in [6.07, 6.45) is 1.17. The van der Waals surface area contributed by atoms with Crippen molar-refractivity contribution in [3.63, 3.8) is 0 Å². The molecule has 0 heterocycles. The molecule has 142 valence electrons. The molecule has 2 rings (SSSR count). The molecule has 0 fully saturated rings. The molecule has 0 aliphatic heterocycles. The van der Waals surface area contributed by atoms with Gasteiger partial charge in [0.15, 0.2) is 11.5 Å². The largest absolute Gasteiger partial charge is 0.493 e. The summed E-state index contributed by atoms with van der Waals surface area (Å²) >= 11 is 0. The summed E-state index contributed by atoms with van der Waals surface area (Å²) < 4.78 is 10.9. The zero-order valence-corrected chi connectivity index (χ0v) is 15.6. The second-order valence-corrected chi connectivity index (χ2v) is 5.96. The van der Waals surface area contributed by atoms with Gasteiger partial charge in [-0.2, -0.15) is 5.10 Å². The summed E-state index contributed by atoms with van der Waals surface area (Å²) in [6, 6.07) is 14.2. The number of carbonyl (C=O) groups is 2. The molecule has 0 spiro atoms. The second-order valence-electron chi connectivity index (χ2n) is 5.96. The van der Waals surface area contributed by atoms with Crippen LogP contribution in [0, 0.1) is 0 Å². The molecular weight excluding hydrogens is 346 g/mol. The summed E-state index contributed by atoms with van der Waals surface area (Å²) in [4.78, 5) is 23.6. The lowest BCUT2D eigenvalue weighted by molar-refractivity contribution is -0.126. The maximum Gasteiger partial charge on any atom is 0.249 e. The average molecular weight is 369 g/mol. The third-order valence-electron chi connectivity index (χ3n) is 3.33. The van der Waals surface area contributed by atoms with Crippen molar-refractivity contribution in [2.24, 2.45) is 5.10 Å². The Balaban J connectivity index is 1.87. The van der Waals surface area contributed by atoms with Crippen molar-refractivity contribution >= 4 is 23.7 Å². The Morgan fingerprint density at radius 3 is 2.48 bits per heavy atom. The van der Waals surface area contributed by atoms with Crippen molar-refractivity contribution in [2.45, 2.75) is 26.4 Å². The van der Waals surface area contributed by atoms with Crippen LogP contribution in [0.2, 0.25) is 0 Å². The highest BCUT2D eigenvalue weighted by atomic mass is 16.5. The third-order valence-corrected chi connectivity index (χ3v) is 3.33. The molecule has 0 unspecified atom stereocenters. The molecule has 2 aromatic rings. The van der Waals surface area contributed by atoms with Crippen molar-refractivity contribution in [1.29, 1.82) is 0 Å². The minimum atomic E-state index is -0.508. The molecule has 2 amide bonds. The van der Waals surface area contributed by atoms with Gasteiger partial charge in [-0.15, -0.1) is 0 Å². The van der Waals surface area contributed by atoms with Crippen LogP contribution >= 0.6 is 0 Å². The Morgan fingerprint density at radius 2 is 1.81 bits per heavy atom. The molecule has 7 heteroatoms. The Hall–Kier alpha value is -3.35. The van der Waals surface area contributed by atoms with Gasteiger partial charge in [0.2, 0.25) is 11.8 Å². The second kappa shape index (κ2) is 9.96. The van der Waals surface area contributed by atoms with Gasteiger partial charge in [0, 0.05) is 5.69 Å². The average Bonchev–Trinajstić information content (AvgIpc) is 2.63. The number of anilines is 1. The molecule has 2 N–H and O–H groups in total. The molecule has 0 radical (unpaired) electrons. The van der Waals surface area contributed by atoms with E-state index in [-0.39, 0.29) is 12.5 Å². The fourth-order valence-corrected chi connectivity index (χ4v) is 2.21. The Kier molecular flexibility index (Phi) is 7.37. The van der Waals surface area contributed by atoms with E-state index >= 15 is 0 Å². The minimum absolute atomic E-state index is 0.0275. The van der Waals surface area contributed by atoms with Gasteiger partial charge in [0.05, 0.1) is 19.4 Å². The van der Waals surface area contributed by atoms with Gasteiger partial charge in [0.1, 0.15) is 6.42 Å². The molecule has 0 bridgehead atoms.